The Kier molecular flexibility index (Phi) is 4.11. The van der Waals surface area contributed by atoms with Gasteiger partial charge in [0.05, 0.1) is 5.60 Å². The van der Waals surface area contributed by atoms with Gasteiger partial charge in [-0.15, -0.1) is 0 Å². The second-order valence-electron chi connectivity index (χ2n) is 5.29. The molecule has 1 aromatic carbocycles. The predicted octanol–water partition coefficient (Wildman–Crippen LogP) is 2.47. The number of nitrogens with one attached hydrogen (secondary N) is 1. The van der Waals surface area contributed by atoms with Crippen molar-refractivity contribution in [1.82, 2.24) is 5.32 Å². The van der Waals surface area contributed by atoms with Crippen molar-refractivity contribution in [3.8, 4) is 0 Å². The van der Waals surface area contributed by atoms with E-state index in [4.69, 9.17) is 0 Å². The molecule has 0 aromatic heterocycles. The van der Waals surface area contributed by atoms with Crippen molar-refractivity contribution in [2.45, 2.75) is 46.8 Å². The molecule has 0 aliphatic carbocycles. The lowest BCUT2D eigenvalue weighted by molar-refractivity contribution is 0.0794. The summed E-state index contributed by atoms with van der Waals surface area (Å²) >= 11 is 0. The third kappa shape index (κ3) is 3.95. The number of hydrogen-bond acceptors (Lipinski definition) is 2. The minimum atomic E-state index is -0.646. The third-order valence-electron chi connectivity index (χ3n) is 2.70. The molecule has 16 heavy (non-hydrogen) atoms. The summed E-state index contributed by atoms with van der Waals surface area (Å²) in [5, 5.41) is 12.9. The fourth-order valence-corrected chi connectivity index (χ4v) is 1.98. The predicted molar refractivity (Wildman–Crippen MR) is 68.7 cm³/mol. The Labute approximate surface area is 98.7 Å². The van der Waals surface area contributed by atoms with Gasteiger partial charge < -0.3 is 10.4 Å². The van der Waals surface area contributed by atoms with Crippen LogP contribution in [0.3, 0.4) is 0 Å². The van der Waals surface area contributed by atoms with Crippen molar-refractivity contribution in [2.24, 2.45) is 0 Å². The molecule has 2 nitrogen and oxygen atoms in total. The van der Waals surface area contributed by atoms with E-state index in [9.17, 15) is 5.11 Å². The molecule has 0 fully saturated rings. The number of benzene rings is 1. The van der Waals surface area contributed by atoms with E-state index in [1.165, 1.54) is 22.3 Å². The summed E-state index contributed by atoms with van der Waals surface area (Å²) in [6.45, 7) is 11.5. The van der Waals surface area contributed by atoms with Crippen LogP contribution in [0, 0.1) is 20.8 Å². The molecule has 2 N–H and O–H groups in total. The maximum atomic E-state index is 9.62. The van der Waals surface area contributed by atoms with Gasteiger partial charge in [-0.25, -0.2) is 0 Å². The van der Waals surface area contributed by atoms with Crippen LogP contribution in [0.5, 0.6) is 0 Å². The summed E-state index contributed by atoms with van der Waals surface area (Å²) < 4.78 is 0. The average molecular weight is 221 g/mol. The monoisotopic (exact) mass is 221 g/mol. The Morgan fingerprint density at radius 1 is 1.12 bits per heavy atom. The van der Waals surface area contributed by atoms with Gasteiger partial charge in [0.15, 0.2) is 0 Å². The zero-order valence-electron chi connectivity index (χ0n) is 11.0. The summed E-state index contributed by atoms with van der Waals surface area (Å²) in [6, 6.07) is 4.40. The van der Waals surface area contributed by atoms with Gasteiger partial charge in [0.1, 0.15) is 0 Å². The van der Waals surface area contributed by atoms with Crippen LogP contribution in [0.15, 0.2) is 12.1 Å². The highest BCUT2D eigenvalue weighted by Crippen LogP contribution is 2.16. The number of rotatable bonds is 4. The number of aliphatic hydroxyl groups is 1. The molecule has 0 unspecified atom stereocenters. The zero-order valence-corrected chi connectivity index (χ0v) is 11.0. The molecule has 0 radical (unpaired) electrons. The first kappa shape index (κ1) is 13.2. The molecule has 1 rings (SSSR count). The molecule has 0 aliphatic heterocycles. The Balaban J connectivity index is 2.68. The molecular formula is C14H23NO. The van der Waals surface area contributed by atoms with Gasteiger partial charge in [0.25, 0.3) is 0 Å². The van der Waals surface area contributed by atoms with E-state index < -0.39 is 5.60 Å². The first-order valence-corrected chi connectivity index (χ1v) is 5.79. The molecule has 0 aliphatic rings. The Morgan fingerprint density at radius 2 is 1.62 bits per heavy atom. The van der Waals surface area contributed by atoms with Crippen molar-refractivity contribution in [3.05, 3.63) is 34.4 Å². The maximum absolute atomic E-state index is 9.62. The van der Waals surface area contributed by atoms with E-state index >= 15 is 0 Å². The fraction of sp³-hybridized carbons (Fsp3) is 0.571. The van der Waals surface area contributed by atoms with Crippen LogP contribution in [0.1, 0.15) is 36.1 Å². The van der Waals surface area contributed by atoms with Crippen molar-refractivity contribution >= 4 is 0 Å². The highest BCUT2D eigenvalue weighted by Gasteiger charge is 2.12. The molecule has 0 bridgehead atoms. The van der Waals surface area contributed by atoms with Gasteiger partial charge in [0.2, 0.25) is 0 Å². The SMILES string of the molecule is Cc1cc(C)c(CNCC(C)(C)O)c(C)c1. The molecule has 0 amide bonds. The van der Waals surface area contributed by atoms with Crippen LogP contribution in [-0.4, -0.2) is 17.3 Å². The van der Waals surface area contributed by atoms with Gasteiger partial charge in [-0.3, -0.25) is 0 Å². The smallest absolute Gasteiger partial charge is 0.0715 e. The lowest BCUT2D eigenvalue weighted by atomic mass is 9.99. The van der Waals surface area contributed by atoms with Crippen molar-refractivity contribution in [2.75, 3.05) is 6.54 Å². The number of hydrogen-bond donors (Lipinski definition) is 2. The van der Waals surface area contributed by atoms with Crippen LogP contribution >= 0.6 is 0 Å². The van der Waals surface area contributed by atoms with Gasteiger partial charge in [0, 0.05) is 13.1 Å². The lowest BCUT2D eigenvalue weighted by Gasteiger charge is -2.19. The lowest BCUT2D eigenvalue weighted by Crippen LogP contribution is -2.34. The van der Waals surface area contributed by atoms with Crippen LogP contribution < -0.4 is 5.32 Å². The van der Waals surface area contributed by atoms with Crippen molar-refractivity contribution in [3.63, 3.8) is 0 Å². The summed E-state index contributed by atoms with van der Waals surface area (Å²) in [7, 11) is 0. The molecule has 90 valence electrons. The summed E-state index contributed by atoms with van der Waals surface area (Å²) in [5.41, 5.74) is 4.64. The Morgan fingerprint density at radius 3 is 2.06 bits per heavy atom. The van der Waals surface area contributed by atoms with E-state index in [1.807, 2.05) is 13.8 Å². The molecule has 0 saturated carbocycles. The Hall–Kier alpha value is -0.860. The molecule has 0 atom stereocenters. The molecule has 2 heteroatoms. The highest BCUT2D eigenvalue weighted by atomic mass is 16.3. The van der Waals surface area contributed by atoms with Gasteiger partial charge in [-0.05, 0) is 51.3 Å². The largest absolute Gasteiger partial charge is 0.389 e. The molecule has 0 heterocycles. The molecule has 0 saturated heterocycles. The van der Waals surface area contributed by atoms with Crippen LogP contribution in [0.2, 0.25) is 0 Å². The van der Waals surface area contributed by atoms with Crippen molar-refractivity contribution < 1.29 is 5.11 Å². The summed E-state index contributed by atoms with van der Waals surface area (Å²) in [6.07, 6.45) is 0. The van der Waals surface area contributed by atoms with Crippen LogP contribution in [0.25, 0.3) is 0 Å². The number of aryl methyl sites for hydroxylation is 3. The highest BCUT2D eigenvalue weighted by molar-refractivity contribution is 5.37. The van der Waals surface area contributed by atoms with E-state index in [-0.39, 0.29) is 0 Å². The van der Waals surface area contributed by atoms with E-state index in [0.29, 0.717) is 6.54 Å². The van der Waals surface area contributed by atoms with E-state index in [0.717, 1.165) is 6.54 Å². The van der Waals surface area contributed by atoms with E-state index in [2.05, 4.69) is 38.2 Å². The van der Waals surface area contributed by atoms with Crippen molar-refractivity contribution in [1.29, 1.82) is 0 Å². The second kappa shape index (κ2) is 4.98. The summed E-state index contributed by atoms with van der Waals surface area (Å²) in [5.74, 6) is 0. The second-order valence-corrected chi connectivity index (χ2v) is 5.29. The zero-order chi connectivity index (χ0) is 12.3. The Bertz CT molecular complexity index is 340. The minimum Gasteiger partial charge on any atom is -0.389 e. The van der Waals surface area contributed by atoms with Gasteiger partial charge >= 0.3 is 0 Å². The topological polar surface area (TPSA) is 32.3 Å². The maximum Gasteiger partial charge on any atom is 0.0715 e. The summed E-state index contributed by atoms with van der Waals surface area (Å²) in [4.78, 5) is 0. The first-order chi connectivity index (χ1) is 7.29. The standard InChI is InChI=1S/C14H23NO/c1-10-6-11(2)13(12(3)7-10)8-15-9-14(4,5)16/h6-7,15-16H,8-9H2,1-5H3. The van der Waals surface area contributed by atoms with E-state index in [1.54, 1.807) is 0 Å². The van der Waals surface area contributed by atoms with Crippen LogP contribution in [-0.2, 0) is 6.54 Å². The van der Waals surface area contributed by atoms with Gasteiger partial charge in [-0.2, -0.15) is 0 Å². The molecular weight excluding hydrogens is 198 g/mol. The van der Waals surface area contributed by atoms with Crippen LogP contribution in [0.4, 0.5) is 0 Å². The molecule has 1 aromatic rings. The first-order valence-electron chi connectivity index (χ1n) is 5.79. The normalized spacial score (nSPS) is 11.9. The third-order valence-corrected chi connectivity index (χ3v) is 2.70. The minimum absolute atomic E-state index is 0.611. The molecule has 0 spiro atoms. The van der Waals surface area contributed by atoms with Gasteiger partial charge in [-0.1, -0.05) is 17.7 Å². The quantitative estimate of drug-likeness (QED) is 0.818. The average Bonchev–Trinajstić information content (AvgIpc) is 2.07. The fourth-order valence-electron chi connectivity index (χ4n) is 1.98.